The Balaban J connectivity index is 1.21. The van der Waals surface area contributed by atoms with Crippen LogP contribution in [0.25, 0.3) is 11.1 Å². The Morgan fingerprint density at radius 1 is 1.06 bits per heavy atom. The molecular formula is C42H51F2N5O4. The number of piperazine rings is 1. The molecule has 9 nitrogen and oxygen atoms in total. The Labute approximate surface area is 311 Å². The van der Waals surface area contributed by atoms with E-state index in [1.807, 2.05) is 71.2 Å². The third-order valence-electron chi connectivity index (χ3n) is 11.3. The van der Waals surface area contributed by atoms with Crippen molar-refractivity contribution in [3.63, 3.8) is 0 Å². The lowest BCUT2D eigenvalue weighted by atomic mass is 9.87. The number of hydrogen-bond donors (Lipinski definition) is 0. The van der Waals surface area contributed by atoms with Crippen LogP contribution in [0.1, 0.15) is 73.0 Å². The lowest BCUT2D eigenvalue weighted by Gasteiger charge is -2.43. The third kappa shape index (κ3) is 7.49. The number of benzene rings is 2. The average Bonchev–Trinajstić information content (AvgIpc) is 3.90. The first-order valence-electron chi connectivity index (χ1n) is 18.3. The van der Waals surface area contributed by atoms with Crippen molar-refractivity contribution in [3.05, 3.63) is 91.9 Å². The highest BCUT2D eigenvalue weighted by Gasteiger charge is 2.51. The van der Waals surface area contributed by atoms with Gasteiger partial charge in [-0.3, -0.25) is 19.4 Å². The lowest BCUT2D eigenvalue weighted by Crippen LogP contribution is -2.54. The van der Waals surface area contributed by atoms with E-state index in [-0.39, 0.29) is 23.2 Å². The normalized spacial score (nSPS) is 18.9. The first kappa shape index (κ1) is 38.2. The maximum atomic E-state index is 14.8. The van der Waals surface area contributed by atoms with E-state index in [2.05, 4.69) is 9.80 Å². The number of allylic oxidation sites excluding steroid dienone is 1. The van der Waals surface area contributed by atoms with Crippen molar-refractivity contribution >= 4 is 5.91 Å². The number of aromatic nitrogens is 1. The second-order valence-corrected chi connectivity index (χ2v) is 16.0. The van der Waals surface area contributed by atoms with Gasteiger partial charge in [0.25, 0.3) is 17.9 Å². The summed E-state index contributed by atoms with van der Waals surface area (Å²) in [5.74, 6) is 0.813. The number of fused-ring (bicyclic) bond motifs is 1. The fourth-order valence-electron chi connectivity index (χ4n) is 8.24. The fraction of sp³-hybridized carbons (Fsp3) is 0.500. The highest BCUT2D eigenvalue weighted by Crippen LogP contribution is 2.47. The van der Waals surface area contributed by atoms with Gasteiger partial charge in [0.05, 0.1) is 19.8 Å². The van der Waals surface area contributed by atoms with Gasteiger partial charge in [0.15, 0.2) is 0 Å². The topological polar surface area (TPSA) is 91.0 Å². The first-order valence-corrected chi connectivity index (χ1v) is 18.3. The number of nitriles is 1. The van der Waals surface area contributed by atoms with E-state index in [1.54, 1.807) is 38.0 Å². The molecule has 3 aromatic rings. The molecule has 282 valence electrons. The standard InChI is InChI=1S/C42H51F2N5O4/c1-26-27(2)39(50)46(6)23-33(26)29-18-35(52-7)34(36(19-29)53-8)24-47-16-17-48(42(25-47)13-14-42)22-28-10-9-11-32-31(28)12-15-49(37(32)38(43)44)40(51)30(21-45)20-41(3,4)5/h9-11,18-20,23,37-38H,12-17,22,24-25H2,1-8H3/b30-20+. The second kappa shape index (κ2) is 14.7. The molecule has 3 aliphatic rings. The largest absolute Gasteiger partial charge is 0.496 e. The predicted octanol–water partition coefficient (Wildman–Crippen LogP) is 6.72. The number of methoxy groups -OCH3 is 2. The molecule has 2 aliphatic heterocycles. The van der Waals surface area contributed by atoms with E-state index in [9.17, 15) is 23.6 Å². The maximum Gasteiger partial charge on any atom is 0.264 e. The number of aryl methyl sites for hydroxylation is 1. The average molecular weight is 728 g/mol. The summed E-state index contributed by atoms with van der Waals surface area (Å²) in [6.07, 6.45) is 3.19. The molecule has 1 spiro atoms. The molecule has 0 N–H and O–H groups in total. The molecule has 1 unspecified atom stereocenters. The van der Waals surface area contributed by atoms with Crippen LogP contribution in [-0.4, -0.2) is 77.5 Å². The smallest absolute Gasteiger partial charge is 0.264 e. The number of rotatable bonds is 9. The molecule has 0 radical (unpaired) electrons. The van der Waals surface area contributed by atoms with Crippen LogP contribution in [0.4, 0.5) is 8.78 Å². The van der Waals surface area contributed by atoms with Crippen LogP contribution in [0, 0.1) is 30.6 Å². The highest BCUT2D eigenvalue weighted by molar-refractivity contribution is 5.97. The maximum absolute atomic E-state index is 14.8. The van der Waals surface area contributed by atoms with Crippen LogP contribution < -0.4 is 15.0 Å². The Kier molecular flexibility index (Phi) is 10.6. The lowest BCUT2D eigenvalue weighted by molar-refractivity contribution is -0.133. The molecule has 0 bridgehead atoms. The van der Waals surface area contributed by atoms with Gasteiger partial charge >= 0.3 is 0 Å². The minimum Gasteiger partial charge on any atom is -0.496 e. The zero-order chi connectivity index (χ0) is 38.4. The second-order valence-electron chi connectivity index (χ2n) is 16.0. The Morgan fingerprint density at radius 2 is 1.74 bits per heavy atom. The number of carbonyl (C=O) groups is 1. The SMILES string of the molecule is COc1cc(-c2cn(C)c(=O)c(C)c2C)cc(OC)c1CN1CCN(Cc2cccc3c2CCN(C(=O)/C(C#N)=C/C(C)(C)C)C3C(F)F)C2(CC2)C1. The van der Waals surface area contributed by atoms with E-state index in [4.69, 9.17) is 9.47 Å². The van der Waals surface area contributed by atoms with Crippen LogP contribution in [0.5, 0.6) is 11.5 Å². The quantitative estimate of drug-likeness (QED) is 0.179. The molecule has 3 heterocycles. The van der Waals surface area contributed by atoms with Gasteiger partial charge in [-0.25, -0.2) is 8.78 Å². The van der Waals surface area contributed by atoms with Crippen molar-refractivity contribution in [2.45, 2.75) is 85.0 Å². The number of carbonyl (C=O) groups excluding carboxylic acids is 1. The van der Waals surface area contributed by atoms with Crippen molar-refractivity contribution < 1.29 is 23.0 Å². The summed E-state index contributed by atoms with van der Waals surface area (Å²) in [7, 11) is 5.09. The first-order chi connectivity index (χ1) is 25.1. The van der Waals surface area contributed by atoms with E-state index in [0.717, 1.165) is 77.4 Å². The number of amides is 1. The molecule has 6 rings (SSSR count). The van der Waals surface area contributed by atoms with Crippen molar-refractivity contribution in [2.75, 3.05) is 40.4 Å². The summed E-state index contributed by atoms with van der Waals surface area (Å²) >= 11 is 0. The van der Waals surface area contributed by atoms with E-state index >= 15 is 0 Å². The number of hydrogen-bond acceptors (Lipinski definition) is 7. The summed E-state index contributed by atoms with van der Waals surface area (Å²) in [4.78, 5) is 32.1. The van der Waals surface area contributed by atoms with Gasteiger partial charge in [-0.2, -0.15) is 5.26 Å². The third-order valence-corrected chi connectivity index (χ3v) is 11.3. The summed E-state index contributed by atoms with van der Waals surface area (Å²) in [6.45, 7) is 13.3. The van der Waals surface area contributed by atoms with Gasteiger partial charge in [-0.05, 0) is 78.5 Å². The number of halogens is 2. The van der Waals surface area contributed by atoms with Crippen molar-refractivity contribution in [1.82, 2.24) is 19.3 Å². The minimum atomic E-state index is -2.79. The zero-order valence-corrected chi connectivity index (χ0v) is 32.2. The molecule has 1 amide bonds. The molecule has 1 saturated heterocycles. The molecule has 1 aromatic heterocycles. The summed E-state index contributed by atoms with van der Waals surface area (Å²) in [6, 6.07) is 10.2. The van der Waals surface area contributed by atoms with Crippen LogP contribution in [0.3, 0.4) is 0 Å². The van der Waals surface area contributed by atoms with Gasteiger partial charge in [0.1, 0.15) is 29.2 Å². The molecule has 2 fully saturated rings. The van der Waals surface area contributed by atoms with Crippen LogP contribution in [0.15, 0.2) is 53.0 Å². The van der Waals surface area contributed by atoms with Crippen LogP contribution >= 0.6 is 0 Å². The van der Waals surface area contributed by atoms with Crippen molar-refractivity contribution in [2.24, 2.45) is 12.5 Å². The van der Waals surface area contributed by atoms with Crippen LogP contribution in [0.2, 0.25) is 0 Å². The summed E-state index contributed by atoms with van der Waals surface area (Å²) in [5, 5.41) is 9.75. The molecule has 1 atom stereocenters. The number of alkyl halides is 2. The number of nitrogens with zero attached hydrogens (tertiary/aromatic N) is 5. The number of ether oxygens (including phenoxy) is 2. The van der Waals surface area contributed by atoms with E-state index < -0.39 is 23.8 Å². The molecule has 1 saturated carbocycles. The Hall–Kier alpha value is -4.53. The van der Waals surface area contributed by atoms with Gasteiger partial charge in [0, 0.05) is 69.2 Å². The van der Waals surface area contributed by atoms with E-state index in [0.29, 0.717) is 30.6 Å². The summed E-state index contributed by atoms with van der Waals surface area (Å²) < 4.78 is 43.1. The van der Waals surface area contributed by atoms with E-state index in [1.165, 1.54) is 4.90 Å². The van der Waals surface area contributed by atoms with Crippen molar-refractivity contribution in [3.8, 4) is 28.7 Å². The monoisotopic (exact) mass is 727 g/mol. The van der Waals surface area contributed by atoms with Gasteiger partial charge in [-0.15, -0.1) is 0 Å². The van der Waals surface area contributed by atoms with Gasteiger partial charge in [-0.1, -0.05) is 45.0 Å². The molecule has 2 aromatic carbocycles. The summed E-state index contributed by atoms with van der Waals surface area (Å²) in [5.41, 5.74) is 6.27. The fourth-order valence-corrected chi connectivity index (χ4v) is 8.24. The predicted molar refractivity (Wildman–Crippen MR) is 201 cm³/mol. The van der Waals surface area contributed by atoms with Gasteiger partial charge < -0.3 is 18.9 Å². The Bertz CT molecular complexity index is 2010. The number of pyridine rings is 1. The van der Waals surface area contributed by atoms with Crippen molar-refractivity contribution in [1.29, 1.82) is 5.26 Å². The molecule has 53 heavy (non-hydrogen) atoms. The zero-order valence-electron chi connectivity index (χ0n) is 32.2. The molecular weight excluding hydrogens is 676 g/mol. The molecule has 1 aliphatic carbocycles. The van der Waals surface area contributed by atoms with Crippen LogP contribution in [-0.2, 0) is 31.4 Å². The Morgan fingerprint density at radius 3 is 2.32 bits per heavy atom. The highest BCUT2D eigenvalue weighted by atomic mass is 19.3. The minimum absolute atomic E-state index is 0.0108. The molecule has 11 heteroatoms. The van der Waals surface area contributed by atoms with Gasteiger partial charge in [0.2, 0.25) is 0 Å².